The fourth-order valence-electron chi connectivity index (χ4n) is 3.48. The van der Waals surface area contributed by atoms with E-state index in [0.29, 0.717) is 17.1 Å². The molecule has 1 N–H and O–H groups in total. The highest BCUT2D eigenvalue weighted by Gasteiger charge is 2.30. The number of fused-ring (bicyclic) bond motifs is 1. The molecule has 1 aliphatic heterocycles. The molecule has 0 aliphatic carbocycles. The molecule has 7 heteroatoms. The maximum Gasteiger partial charge on any atom is 0.252 e. The van der Waals surface area contributed by atoms with Crippen LogP contribution >= 0.6 is 11.6 Å². The van der Waals surface area contributed by atoms with Crippen LogP contribution in [0.3, 0.4) is 0 Å². The van der Waals surface area contributed by atoms with Crippen LogP contribution in [0.25, 0.3) is 0 Å². The molecule has 0 spiro atoms. The van der Waals surface area contributed by atoms with Crippen LogP contribution in [0.5, 0.6) is 0 Å². The van der Waals surface area contributed by atoms with Crippen LogP contribution in [0.1, 0.15) is 18.1 Å². The zero-order valence-corrected chi connectivity index (χ0v) is 17.4. The molecule has 0 unspecified atom stereocenters. The van der Waals surface area contributed by atoms with Crippen LogP contribution < -0.4 is 10.2 Å². The third-order valence-electron chi connectivity index (χ3n) is 4.95. The molecule has 1 heterocycles. The van der Waals surface area contributed by atoms with E-state index < -0.39 is 17.8 Å². The zero-order valence-electron chi connectivity index (χ0n) is 16.7. The van der Waals surface area contributed by atoms with Gasteiger partial charge in [0.1, 0.15) is 18.4 Å². The van der Waals surface area contributed by atoms with Crippen LogP contribution in [-0.4, -0.2) is 30.1 Å². The molecule has 0 aromatic heterocycles. The molecule has 5 nitrogen and oxygen atoms in total. The number of carbonyl (C=O) groups is 2. The first-order valence-corrected chi connectivity index (χ1v) is 10.1. The number of anilines is 2. The van der Waals surface area contributed by atoms with E-state index in [4.69, 9.17) is 11.6 Å². The molecule has 0 radical (unpaired) electrons. The normalized spacial score (nSPS) is 15.7. The molecule has 3 aromatic carbocycles. The van der Waals surface area contributed by atoms with Gasteiger partial charge in [-0.1, -0.05) is 60.1 Å². The number of halogens is 2. The molecule has 0 saturated heterocycles. The summed E-state index contributed by atoms with van der Waals surface area (Å²) in [6.07, 6.45) is 0. The number of para-hydroxylation sites is 1. The molecule has 1 aliphatic rings. The number of hydrogen-bond acceptors (Lipinski definition) is 3. The predicted octanol–water partition coefficient (Wildman–Crippen LogP) is 4.69. The maximum atomic E-state index is 13.4. The topological polar surface area (TPSA) is 61.8 Å². The number of amides is 2. The Balaban J connectivity index is 1.66. The summed E-state index contributed by atoms with van der Waals surface area (Å²) in [7, 11) is 0. The van der Waals surface area contributed by atoms with Gasteiger partial charge < -0.3 is 10.2 Å². The van der Waals surface area contributed by atoms with Gasteiger partial charge in [0, 0.05) is 16.8 Å². The minimum absolute atomic E-state index is 0.0940. The largest absolute Gasteiger partial charge is 0.324 e. The number of benzene rings is 3. The molecule has 1 atom stereocenters. The van der Waals surface area contributed by atoms with Gasteiger partial charge in [0.2, 0.25) is 5.91 Å². The summed E-state index contributed by atoms with van der Waals surface area (Å²) in [5.41, 5.74) is 3.31. The molecule has 3 aromatic rings. The van der Waals surface area contributed by atoms with Gasteiger partial charge in [-0.15, -0.1) is 0 Å². The third kappa shape index (κ3) is 4.34. The number of nitrogens with zero attached hydrogens (tertiary/aromatic N) is 2. The van der Waals surface area contributed by atoms with Crippen molar-refractivity contribution < 1.29 is 14.0 Å². The average Bonchev–Trinajstić information content (AvgIpc) is 2.87. The summed E-state index contributed by atoms with van der Waals surface area (Å²) < 4.78 is 13.4. The lowest BCUT2D eigenvalue weighted by Crippen LogP contribution is -2.42. The van der Waals surface area contributed by atoms with Gasteiger partial charge in [0.15, 0.2) is 0 Å². The SMILES string of the molecule is C[C@@H]1N=C(c2ccccc2)c2ccccc2N(CC(=O)Nc2ccc(F)c(Cl)c2)C1=O. The molecule has 4 rings (SSSR count). The second kappa shape index (κ2) is 8.70. The van der Waals surface area contributed by atoms with E-state index in [-0.39, 0.29) is 17.5 Å². The van der Waals surface area contributed by atoms with Gasteiger partial charge in [-0.25, -0.2) is 4.39 Å². The molecule has 0 saturated carbocycles. The Morgan fingerprint density at radius 2 is 1.81 bits per heavy atom. The third-order valence-corrected chi connectivity index (χ3v) is 5.24. The Bertz CT molecular complexity index is 1180. The van der Waals surface area contributed by atoms with Crippen molar-refractivity contribution in [3.8, 4) is 0 Å². The minimum Gasteiger partial charge on any atom is -0.324 e. The van der Waals surface area contributed by atoms with E-state index in [1.165, 1.54) is 23.1 Å². The smallest absolute Gasteiger partial charge is 0.252 e. The van der Waals surface area contributed by atoms with E-state index >= 15 is 0 Å². The molecule has 0 bridgehead atoms. The van der Waals surface area contributed by atoms with E-state index in [0.717, 1.165) is 11.1 Å². The minimum atomic E-state index is -0.671. The monoisotopic (exact) mass is 435 g/mol. The summed E-state index contributed by atoms with van der Waals surface area (Å²) >= 11 is 5.79. The van der Waals surface area contributed by atoms with E-state index in [2.05, 4.69) is 10.3 Å². The highest BCUT2D eigenvalue weighted by Crippen LogP contribution is 2.28. The molecule has 0 fully saturated rings. The van der Waals surface area contributed by atoms with Gasteiger partial charge in [-0.3, -0.25) is 14.6 Å². The number of carbonyl (C=O) groups excluding carboxylic acids is 2. The molecular weight excluding hydrogens is 417 g/mol. The van der Waals surface area contributed by atoms with Crippen LogP contribution in [0.4, 0.5) is 15.8 Å². The second-order valence-corrected chi connectivity index (χ2v) is 7.55. The zero-order chi connectivity index (χ0) is 22.0. The van der Waals surface area contributed by atoms with Crippen molar-refractivity contribution >= 4 is 40.5 Å². The Morgan fingerprint density at radius 1 is 1.10 bits per heavy atom. The Labute approximate surface area is 184 Å². The van der Waals surface area contributed by atoms with Gasteiger partial charge >= 0.3 is 0 Å². The fraction of sp³-hybridized carbons (Fsp3) is 0.125. The number of hydrogen-bond donors (Lipinski definition) is 1. The van der Waals surface area contributed by atoms with Crippen LogP contribution in [0.15, 0.2) is 77.8 Å². The lowest BCUT2D eigenvalue weighted by atomic mass is 10.0. The molecule has 156 valence electrons. The molecular formula is C24H19ClFN3O2. The summed E-state index contributed by atoms with van der Waals surface area (Å²) in [5, 5.41) is 2.57. The molecule has 2 amide bonds. The van der Waals surface area contributed by atoms with E-state index in [1.54, 1.807) is 13.0 Å². The summed E-state index contributed by atoms with van der Waals surface area (Å²) in [4.78, 5) is 32.0. The Morgan fingerprint density at radius 3 is 2.55 bits per heavy atom. The van der Waals surface area contributed by atoms with Gasteiger partial charge in [-0.2, -0.15) is 0 Å². The lowest BCUT2D eigenvalue weighted by Gasteiger charge is -2.24. The standard InChI is InChI=1S/C24H19ClFN3O2/c1-15-24(31)29(14-22(30)28-17-11-12-20(26)19(25)13-17)21-10-6-5-9-18(21)23(27-15)16-7-3-2-4-8-16/h2-13,15H,14H2,1H3,(H,28,30)/t15-/m0/s1. The van der Waals surface area contributed by atoms with Crippen molar-refractivity contribution in [1.29, 1.82) is 0 Å². The summed E-state index contributed by atoms with van der Waals surface area (Å²) in [6.45, 7) is 1.49. The number of rotatable bonds is 4. The van der Waals surface area contributed by atoms with Crippen molar-refractivity contribution in [1.82, 2.24) is 0 Å². The predicted molar refractivity (Wildman–Crippen MR) is 120 cm³/mol. The maximum absolute atomic E-state index is 13.4. The lowest BCUT2D eigenvalue weighted by molar-refractivity contribution is -0.122. The Hall–Kier alpha value is -3.51. The molecule has 31 heavy (non-hydrogen) atoms. The quantitative estimate of drug-likeness (QED) is 0.646. The number of aliphatic imine (C=N–C) groups is 1. The van der Waals surface area contributed by atoms with Crippen molar-refractivity contribution in [2.75, 3.05) is 16.8 Å². The van der Waals surface area contributed by atoms with Gasteiger partial charge in [0.05, 0.1) is 16.4 Å². The number of nitrogens with one attached hydrogen (secondary N) is 1. The van der Waals surface area contributed by atoms with E-state index in [1.807, 2.05) is 48.5 Å². The average molecular weight is 436 g/mol. The van der Waals surface area contributed by atoms with Crippen LogP contribution in [0, 0.1) is 5.82 Å². The van der Waals surface area contributed by atoms with Gasteiger partial charge in [-0.05, 0) is 31.2 Å². The fourth-order valence-corrected chi connectivity index (χ4v) is 3.66. The van der Waals surface area contributed by atoms with Crippen molar-refractivity contribution in [3.05, 3.63) is 94.8 Å². The Kier molecular flexibility index (Phi) is 5.82. The van der Waals surface area contributed by atoms with E-state index in [9.17, 15) is 14.0 Å². The van der Waals surface area contributed by atoms with Crippen molar-refractivity contribution in [2.24, 2.45) is 4.99 Å². The first kappa shape index (κ1) is 20.8. The second-order valence-electron chi connectivity index (χ2n) is 7.14. The number of benzodiazepines with no additional fused rings is 1. The van der Waals surface area contributed by atoms with Gasteiger partial charge in [0.25, 0.3) is 5.91 Å². The van der Waals surface area contributed by atoms with Crippen LogP contribution in [0.2, 0.25) is 5.02 Å². The van der Waals surface area contributed by atoms with Crippen molar-refractivity contribution in [2.45, 2.75) is 13.0 Å². The first-order valence-electron chi connectivity index (χ1n) is 9.73. The first-order chi connectivity index (χ1) is 14.9. The summed E-state index contributed by atoms with van der Waals surface area (Å²) in [5.74, 6) is -1.29. The highest BCUT2D eigenvalue weighted by atomic mass is 35.5. The highest BCUT2D eigenvalue weighted by molar-refractivity contribution is 6.31. The van der Waals surface area contributed by atoms with Crippen molar-refractivity contribution in [3.63, 3.8) is 0 Å². The van der Waals surface area contributed by atoms with Crippen LogP contribution in [-0.2, 0) is 9.59 Å². The summed E-state index contributed by atoms with van der Waals surface area (Å²) in [6, 6.07) is 20.2.